The first-order valence-corrected chi connectivity index (χ1v) is 8.41. The zero-order valence-corrected chi connectivity index (χ0v) is 14.5. The molecule has 3 rings (SSSR count). The van der Waals surface area contributed by atoms with E-state index in [1.165, 1.54) is 0 Å². The van der Waals surface area contributed by atoms with Crippen LogP contribution in [0.25, 0.3) is 10.9 Å². The van der Waals surface area contributed by atoms with E-state index in [0.717, 1.165) is 29.5 Å². The first-order chi connectivity index (χ1) is 11.4. The van der Waals surface area contributed by atoms with Crippen LogP contribution in [0.15, 0.2) is 36.5 Å². The number of pyridine rings is 1. The summed E-state index contributed by atoms with van der Waals surface area (Å²) in [5.41, 5.74) is 0.474. The third-order valence-electron chi connectivity index (χ3n) is 3.99. The molecule has 1 aliphatic rings. The number of hydrogen-bond acceptors (Lipinski definition) is 4. The van der Waals surface area contributed by atoms with Crippen LogP contribution < -0.4 is 4.74 Å². The van der Waals surface area contributed by atoms with Crippen LogP contribution in [-0.4, -0.2) is 40.8 Å². The highest BCUT2D eigenvalue weighted by molar-refractivity contribution is 5.84. The van der Waals surface area contributed by atoms with Crippen LogP contribution in [0.2, 0.25) is 0 Å². The predicted molar refractivity (Wildman–Crippen MR) is 93.2 cm³/mol. The molecule has 0 bridgehead atoms. The standard InChI is InChI=1S/C19H24N2O3/c1-19(2,3)24-18(22)21-12-9-14(10-13-21)23-17-8-4-7-16-15(17)6-5-11-20-16/h4-8,11,14H,9-10,12-13H2,1-3H3. The van der Waals surface area contributed by atoms with E-state index in [1.54, 1.807) is 11.1 Å². The Morgan fingerprint density at radius 3 is 2.62 bits per heavy atom. The van der Waals surface area contributed by atoms with Gasteiger partial charge in [0.15, 0.2) is 0 Å². The molecule has 5 nitrogen and oxygen atoms in total. The smallest absolute Gasteiger partial charge is 0.410 e. The molecule has 0 spiro atoms. The van der Waals surface area contributed by atoms with Gasteiger partial charge >= 0.3 is 6.09 Å². The van der Waals surface area contributed by atoms with E-state index in [1.807, 2.05) is 51.1 Å². The lowest BCUT2D eigenvalue weighted by Gasteiger charge is -2.33. The number of fused-ring (bicyclic) bond motifs is 1. The van der Waals surface area contributed by atoms with Gasteiger partial charge in [0.25, 0.3) is 0 Å². The largest absolute Gasteiger partial charge is 0.490 e. The van der Waals surface area contributed by atoms with Crippen molar-refractivity contribution in [1.29, 1.82) is 0 Å². The van der Waals surface area contributed by atoms with Crippen molar-refractivity contribution in [3.8, 4) is 5.75 Å². The zero-order valence-electron chi connectivity index (χ0n) is 14.5. The fourth-order valence-corrected chi connectivity index (χ4v) is 2.84. The van der Waals surface area contributed by atoms with Crippen molar-refractivity contribution >= 4 is 17.0 Å². The average Bonchev–Trinajstić information content (AvgIpc) is 2.54. The molecule has 0 atom stereocenters. The highest BCUT2D eigenvalue weighted by Crippen LogP contribution is 2.27. The molecule has 2 heterocycles. The number of carbonyl (C=O) groups excluding carboxylic acids is 1. The SMILES string of the molecule is CC(C)(C)OC(=O)N1CCC(Oc2cccc3ncccc23)CC1. The molecule has 24 heavy (non-hydrogen) atoms. The first-order valence-electron chi connectivity index (χ1n) is 8.41. The lowest BCUT2D eigenvalue weighted by Crippen LogP contribution is -2.44. The summed E-state index contributed by atoms with van der Waals surface area (Å²) in [6.07, 6.45) is 3.25. The van der Waals surface area contributed by atoms with Gasteiger partial charge in [-0.25, -0.2) is 4.79 Å². The van der Waals surface area contributed by atoms with Gasteiger partial charge in [-0.3, -0.25) is 4.98 Å². The topological polar surface area (TPSA) is 51.7 Å². The molecule has 1 saturated heterocycles. The number of piperidine rings is 1. The van der Waals surface area contributed by atoms with Crippen LogP contribution in [0.3, 0.4) is 0 Å². The first kappa shape index (κ1) is 16.6. The Balaban J connectivity index is 1.60. The maximum absolute atomic E-state index is 12.1. The van der Waals surface area contributed by atoms with Crippen LogP contribution >= 0.6 is 0 Å². The van der Waals surface area contributed by atoms with E-state index in [0.29, 0.717) is 13.1 Å². The van der Waals surface area contributed by atoms with Crippen molar-refractivity contribution in [3.63, 3.8) is 0 Å². The number of benzene rings is 1. The summed E-state index contributed by atoms with van der Waals surface area (Å²) < 4.78 is 11.6. The van der Waals surface area contributed by atoms with E-state index in [9.17, 15) is 4.79 Å². The fourth-order valence-electron chi connectivity index (χ4n) is 2.84. The summed E-state index contributed by atoms with van der Waals surface area (Å²) in [5.74, 6) is 0.858. The van der Waals surface area contributed by atoms with Crippen molar-refractivity contribution < 1.29 is 14.3 Å². The second kappa shape index (κ2) is 6.67. The minimum absolute atomic E-state index is 0.106. The van der Waals surface area contributed by atoms with Crippen molar-refractivity contribution in [2.24, 2.45) is 0 Å². The van der Waals surface area contributed by atoms with E-state index in [2.05, 4.69) is 4.98 Å². The van der Waals surface area contributed by atoms with Crippen molar-refractivity contribution in [2.45, 2.75) is 45.3 Å². The third kappa shape index (κ3) is 3.96. The second-order valence-electron chi connectivity index (χ2n) is 7.11. The molecule has 1 aromatic heterocycles. The summed E-state index contributed by atoms with van der Waals surface area (Å²) in [4.78, 5) is 18.2. The van der Waals surface area contributed by atoms with Crippen molar-refractivity contribution in [2.75, 3.05) is 13.1 Å². The van der Waals surface area contributed by atoms with Gasteiger partial charge in [0.05, 0.1) is 5.52 Å². The number of amides is 1. The fraction of sp³-hybridized carbons (Fsp3) is 0.474. The Morgan fingerprint density at radius 2 is 1.92 bits per heavy atom. The van der Waals surface area contributed by atoms with E-state index in [4.69, 9.17) is 9.47 Å². The van der Waals surface area contributed by atoms with Gasteiger partial charge in [-0.15, -0.1) is 0 Å². The zero-order chi connectivity index (χ0) is 17.2. The van der Waals surface area contributed by atoms with Gasteiger partial charge in [0.2, 0.25) is 0 Å². The number of carbonyl (C=O) groups is 1. The number of likely N-dealkylation sites (tertiary alicyclic amines) is 1. The highest BCUT2D eigenvalue weighted by atomic mass is 16.6. The number of hydrogen-bond donors (Lipinski definition) is 0. The lowest BCUT2D eigenvalue weighted by atomic mass is 10.1. The Bertz CT molecular complexity index is 711. The molecule has 1 fully saturated rings. The Kier molecular flexibility index (Phi) is 4.60. The second-order valence-corrected chi connectivity index (χ2v) is 7.11. The minimum Gasteiger partial charge on any atom is -0.490 e. The summed E-state index contributed by atoms with van der Waals surface area (Å²) in [6.45, 7) is 6.96. The molecule has 5 heteroatoms. The predicted octanol–water partition coefficient (Wildman–Crippen LogP) is 4.01. The minimum atomic E-state index is -0.458. The van der Waals surface area contributed by atoms with Crippen molar-refractivity contribution in [1.82, 2.24) is 9.88 Å². The molecule has 0 aliphatic carbocycles. The van der Waals surface area contributed by atoms with E-state index >= 15 is 0 Å². The number of ether oxygens (including phenoxy) is 2. The Hall–Kier alpha value is -2.30. The molecule has 1 aliphatic heterocycles. The number of rotatable bonds is 2. The molecule has 0 N–H and O–H groups in total. The van der Waals surface area contributed by atoms with Crippen LogP contribution in [-0.2, 0) is 4.74 Å². The molecule has 0 radical (unpaired) electrons. The molecule has 0 unspecified atom stereocenters. The highest BCUT2D eigenvalue weighted by Gasteiger charge is 2.27. The quantitative estimate of drug-likeness (QED) is 0.836. The number of nitrogens with zero attached hydrogens (tertiary/aromatic N) is 2. The maximum Gasteiger partial charge on any atom is 0.410 e. The van der Waals surface area contributed by atoms with Gasteiger partial charge in [-0.05, 0) is 45.0 Å². The Morgan fingerprint density at radius 1 is 1.17 bits per heavy atom. The lowest BCUT2D eigenvalue weighted by molar-refractivity contribution is 0.0128. The van der Waals surface area contributed by atoms with Gasteiger partial charge in [0, 0.05) is 37.5 Å². The molecular weight excluding hydrogens is 304 g/mol. The Labute approximate surface area is 142 Å². The van der Waals surface area contributed by atoms with Gasteiger partial charge in [-0.1, -0.05) is 6.07 Å². The molecule has 1 aromatic carbocycles. The molecule has 2 aromatic rings. The van der Waals surface area contributed by atoms with Crippen LogP contribution in [0.1, 0.15) is 33.6 Å². The monoisotopic (exact) mass is 328 g/mol. The van der Waals surface area contributed by atoms with Crippen LogP contribution in [0.5, 0.6) is 5.75 Å². The molecule has 0 saturated carbocycles. The van der Waals surface area contributed by atoms with E-state index in [-0.39, 0.29) is 12.2 Å². The summed E-state index contributed by atoms with van der Waals surface area (Å²) in [5, 5.41) is 1.02. The average molecular weight is 328 g/mol. The molecular formula is C19H24N2O3. The maximum atomic E-state index is 12.1. The van der Waals surface area contributed by atoms with Crippen LogP contribution in [0.4, 0.5) is 4.79 Å². The van der Waals surface area contributed by atoms with Gasteiger partial charge in [0.1, 0.15) is 17.5 Å². The normalized spacial score (nSPS) is 16.2. The molecule has 1 amide bonds. The van der Waals surface area contributed by atoms with Crippen LogP contribution in [0, 0.1) is 0 Å². The van der Waals surface area contributed by atoms with E-state index < -0.39 is 5.60 Å². The third-order valence-corrected chi connectivity index (χ3v) is 3.99. The summed E-state index contributed by atoms with van der Waals surface area (Å²) in [6, 6.07) is 9.85. The molecule has 128 valence electrons. The number of aromatic nitrogens is 1. The summed E-state index contributed by atoms with van der Waals surface area (Å²) in [7, 11) is 0. The van der Waals surface area contributed by atoms with Gasteiger partial charge < -0.3 is 14.4 Å². The summed E-state index contributed by atoms with van der Waals surface area (Å²) >= 11 is 0. The van der Waals surface area contributed by atoms with Gasteiger partial charge in [-0.2, -0.15) is 0 Å². The van der Waals surface area contributed by atoms with Crippen molar-refractivity contribution in [3.05, 3.63) is 36.5 Å².